The molecule has 1 unspecified atom stereocenters. The van der Waals surface area contributed by atoms with E-state index < -0.39 is 0 Å². The van der Waals surface area contributed by atoms with Gasteiger partial charge in [-0.2, -0.15) is 0 Å². The van der Waals surface area contributed by atoms with E-state index >= 15 is 0 Å². The minimum absolute atomic E-state index is 0.0814. The number of aromatic nitrogens is 1. The van der Waals surface area contributed by atoms with Crippen molar-refractivity contribution in [3.05, 3.63) is 39.7 Å². The normalized spacial score (nSPS) is 12.7. The number of rotatable bonds is 4. The van der Waals surface area contributed by atoms with Crippen molar-refractivity contribution in [1.29, 1.82) is 0 Å². The highest BCUT2D eigenvalue weighted by molar-refractivity contribution is 7.12. The number of hydrogen-bond donors (Lipinski definition) is 1. The Hall–Kier alpha value is -1.19. The fourth-order valence-corrected chi connectivity index (χ4v) is 2.97. The monoisotopic (exact) mass is 260 g/mol. The Bertz CT molecular complexity index is 514. The molecule has 0 radical (unpaired) electrons. The molecule has 2 nitrogen and oxygen atoms in total. The molecule has 2 aromatic rings. The molecule has 2 rings (SSSR count). The van der Waals surface area contributed by atoms with E-state index in [0.717, 1.165) is 23.5 Å². The zero-order valence-electron chi connectivity index (χ0n) is 11.2. The summed E-state index contributed by atoms with van der Waals surface area (Å²) in [5.74, 6) is 0. The lowest BCUT2D eigenvalue weighted by atomic mass is 10.1. The van der Waals surface area contributed by atoms with Gasteiger partial charge in [0.25, 0.3) is 0 Å². The molecule has 1 aromatic heterocycles. The SMILES string of the molecule is CCCC(N)c1nc(-c2ccc(C)cc2)c(C)s1. The Morgan fingerprint density at radius 3 is 2.50 bits per heavy atom. The average molecular weight is 260 g/mol. The van der Waals surface area contributed by atoms with Crippen LogP contribution in [0.25, 0.3) is 11.3 Å². The third-order valence-electron chi connectivity index (χ3n) is 3.06. The van der Waals surface area contributed by atoms with Gasteiger partial charge < -0.3 is 5.73 Å². The number of hydrogen-bond acceptors (Lipinski definition) is 3. The standard InChI is InChI=1S/C15H20N2S/c1-4-5-13(16)15-17-14(11(3)18-15)12-8-6-10(2)7-9-12/h6-9,13H,4-5,16H2,1-3H3. The van der Waals surface area contributed by atoms with Gasteiger partial charge >= 0.3 is 0 Å². The summed E-state index contributed by atoms with van der Waals surface area (Å²) in [5, 5.41) is 1.06. The van der Waals surface area contributed by atoms with E-state index in [4.69, 9.17) is 10.7 Å². The van der Waals surface area contributed by atoms with Crippen molar-refractivity contribution in [3.63, 3.8) is 0 Å². The van der Waals surface area contributed by atoms with Gasteiger partial charge in [0.1, 0.15) is 5.01 Å². The summed E-state index contributed by atoms with van der Waals surface area (Å²) in [6, 6.07) is 8.59. The largest absolute Gasteiger partial charge is 0.322 e. The zero-order chi connectivity index (χ0) is 13.1. The predicted octanol–water partition coefficient (Wildman–Crippen LogP) is 4.23. The van der Waals surface area contributed by atoms with Crippen LogP contribution in [-0.4, -0.2) is 4.98 Å². The van der Waals surface area contributed by atoms with Crippen LogP contribution in [0, 0.1) is 13.8 Å². The first-order chi connectivity index (χ1) is 8.61. The second kappa shape index (κ2) is 5.63. The van der Waals surface area contributed by atoms with E-state index in [1.807, 2.05) is 0 Å². The molecule has 0 bridgehead atoms. The fraction of sp³-hybridized carbons (Fsp3) is 0.400. The van der Waals surface area contributed by atoms with Gasteiger partial charge in [0.2, 0.25) is 0 Å². The van der Waals surface area contributed by atoms with Gasteiger partial charge in [0.05, 0.1) is 11.7 Å². The number of aryl methyl sites for hydroxylation is 2. The van der Waals surface area contributed by atoms with Crippen molar-refractivity contribution in [1.82, 2.24) is 4.98 Å². The van der Waals surface area contributed by atoms with Crippen LogP contribution in [0.3, 0.4) is 0 Å². The first-order valence-corrected chi connectivity index (χ1v) is 7.23. The first kappa shape index (κ1) is 13.2. The second-order valence-electron chi connectivity index (χ2n) is 4.72. The first-order valence-electron chi connectivity index (χ1n) is 6.41. The predicted molar refractivity (Wildman–Crippen MR) is 78.9 cm³/mol. The summed E-state index contributed by atoms with van der Waals surface area (Å²) in [4.78, 5) is 5.97. The quantitative estimate of drug-likeness (QED) is 0.893. The van der Waals surface area contributed by atoms with Crippen molar-refractivity contribution >= 4 is 11.3 Å². The van der Waals surface area contributed by atoms with E-state index in [0.29, 0.717) is 0 Å². The molecule has 1 heterocycles. The third-order valence-corrected chi connectivity index (χ3v) is 4.16. The minimum atomic E-state index is 0.0814. The maximum Gasteiger partial charge on any atom is 0.110 e. The van der Waals surface area contributed by atoms with Gasteiger partial charge in [-0.3, -0.25) is 0 Å². The summed E-state index contributed by atoms with van der Waals surface area (Å²) >= 11 is 1.73. The molecule has 0 aliphatic rings. The van der Waals surface area contributed by atoms with Crippen LogP contribution in [0.5, 0.6) is 0 Å². The molecule has 0 amide bonds. The summed E-state index contributed by atoms with van der Waals surface area (Å²) in [6.45, 7) is 6.37. The van der Waals surface area contributed by atoms with Crippen LogP contribution in [0.2, 0.25) is 0 Å². The van der Waals surface area contributed by atoms with Crippen molar-refractivity contribution in [3.8, 4) is 11.3 Å². The van der Waals surface area contributed by atoms with Gasteiger partial charge in [0.15, 0.2) is 0 Å². The molecule has 2 N–H and O–H groups in total. The van der Waals surface area contributed by atoms with Crippen molar-refractivity contribution in [2.24, 2.45) is 5.73 Å². The molecule has 0 saturated heterocycles. The van der Waals surface area contributed by atoms with Gasteiger partial charge in [-0.15, -0.1) is 11.3 Å². The molecule has 18 heavy (non-hydrogen) atoms. The summed E-state index contributed by atoms with van der Waals surface area (Å²) in [5.41, 5.74) is 9.68. The average Bonchev–Trinajstić information content (AvgIpc) is 2.73. The van der Waals surface area contributed by atoms with E-state index in [2.05, 4.69) is 45.0 Å². The van der Waals surface area contributed by atoms with Gasteiger partial charge in [-0.05, 0) is 20.3 Å². The molecular weight excluding hydrogens is 240 g/mol. The highest BCUT2D eigenvalue weighted by Crippen LogP contribution is 2.31. The van der Waals surface area contributed by atoms with Crippen LogP contribution in [-0.2, 0) is 0 Å². The van der Waals surface area contributed by atoms with E-state index in [9.17, 15) is 0 Å². The maximum atomic E-state index is 6.14. The smallest absolute Gasteiger partial charge is 0.110 e. The van der Waals surface area contributed by atoms with Gasteiger partial charge in [0, 0.05) is 10.4 Å². The molecule has 1 atom stereocenters. The molecule has 3 heteroatoms. The van der Waals surface area contributed by atoms with Crippen LogP contribution in [0.4, 0.5) is 0 Å². The molecular formula is C15H20N2S. The second-order valence-corrected chi connectivity index (χ2v) is 5.95. The molecule has 0 aliphatic carbocycles. The van der Waals surface area contributed by atoms with Crippen molar-refractivity contribution < 1.29 is 0 Å². The Morgan fingerprint density at radius 2 is 1.89 bits per heavy atom. The molecule has 96 valence electrons. The van der Waals surface area contributed by atoms with Crippen LogP contribution in [0.15, 0.2) is 24.3 Å². The fourth-order valence-electron chi connectivity index (χ4n) is 1.99. The van der Waals surface area contributed by atoms with Gasteiger partial charge in [-0.25, -0.2) is 4.98 Å². The number of nitrogens with zero attached hydrogens (tertiary/aromatic N) is 1. The lowest BCUT2D eigenvalue weighted by molar-refractivity contribution is 0.635. The van der Waals surface area contributed by atoms with Crippen LogP contribution in [0.1, 0.15) is 41.3 Å². The molecule has 0 saturated carbocycles. The van der Waals surface area contributed by atoms with Crippen molar-refractivity contribution in [2.45, 2.75) is 39.7 Å². The van der Waals surface area contributed by atoms with Crippen LogP contribution >= 0.6 is 11.3 Å². The number of thiazole rings is 1. The lowest BCUT2D eigenvalue weighted by Crippen LogP contribution is -2.09. The highest BCUT2D eigenvalue weighted by atomic mass is 32.1. The lowest BCUT2D eigenvalue weighted by Gasteiger charge is -2.05. The Morgan fingerprint density at radius 1 is 1.22 bits per heavy atom. The van der Waals surface area contributed by atoms with E-state index in [1.165, 1.54) is 16.0 Å². The third kappa shape index (κ3) is 2.79. The van der Waals surface area contributed by atoms with E-state index in [-0.39, 0.29) is 6.04 Å². The topological polar surface area (TPSA) is 38.9 Å². The Balaban J connectivity index is 2.31. The van der Waals surface area contributed by atoms with Crippen molar-refractivity contribution in [2.75, 3.05) is 0 Å². The molecule has 0 aliphatic heterocycles. The summed E-state index contributed by atoms with van der Waals surface area (Å²) in [7, 11) is 0. The Labute approximate surface area is 113 Å². The maximum absolute atomic E-state index is 6.14. The number of benzene rings is 1. The summed E-state index contributed by atoms with van der Waals surface area (Å²) in [6.07, 6.45) is 2.10. The van der Waals surface area contributed by atoms with Gasteiger partial charge in [-0.1, -0.05) is 43.2 Å². The molecule has 0 fully saturated rings. The Kier molecular flexibility index (Phi) is 4.15. The van der Waals surface area contributed by atoms with E-state index in [1.54, 1.807) is 11.3 Å². The summed E-state index contributed by atoms with van der Waals surface area (Å²) < 4.78 is 0. The zero-order valence-corrected chi connectivity index (χ0v) is 12.1. The molecule has 1 aromatic carbocycles. The highest BCUT2D eigenvalue weighted by Gasteiger charge is 2.14. The number of nitrogens with two attached hydrogens (primary N) is 1. The van der Waals surface area contributed by atoms with Crippen LogP contribution < -0.4 is 5.73 Å². The molecule has 0 spiro atoms. The minimum Gasteiger partial charge on any atom is -0.322 e.